The summed E-state index contributed by atoms with van der Waals surface area (Å²) in [7, 11) is 0. The molecule has 0 saturated carbocycles. The zero-order valence-corrected chi connectivity index (χ0v) is 17.0. The van der Waals surface area contributed by atoms with Gasteiger partial charge in [0.05, 0.1) is 17.5 Å². The summed E-state index contributed by atoms with van der Waals surface area (Å²) in [6, 6.07) is -1.00. The van der Waals surface area contributed by atoms with Gasteiger partial charge < -0.3 is 30.7 Å². The Bertz CT molecular complexity index is 470. The van der Waals surface area contributed by atoms with Crippen LogP contribution in [0.15, 0.2) is 0 Å². The van der Waals surface area contributed by atoms with E-state index in [-0.39, 0.29) is 11.9 Å². The molecule has 2 rings (SSSR count). The first-order valence-electron chi connectivity index (χ1n) is 9.20. The third-order valence-corrected chi connectivity index (χ3v) is 6.53. The average molecular weight is 411 g/mol. The third-order valence-electron chi connectivity index (χ3n) is 5.40. The van der Waals surface area contributed by atoms with Crippen molar-refractivity contribution in [3.05, 3.63) is 0 Å². The van der Waals surface area contributed by atoms with Crippen LogP contribution in [-0.4, -0.2) is 81.3 Å². The molecule has 0 spiro atoms. The minimum absolute atomic E-state index is 0.183. The maximum atomic E-state index is 12.7. The number of amides is 1. The van der Waals surface area contributed by atoms with Crippen LogP contribution in [0.4, 0.5) is 0 Å². The van der Waals surface area contributed by atoms with E-state index in [1.165, 1.54) is 11.8 Å². The lowest BCUT2D eigenvalue weighted by Gasteiger charge is -2.44. The van der Waals surface area contributed by atoms with Gasteiger partial charge in [-0.3, -0.25) is 4.79 Å². The molecule has 26 heavy (non-hydrogen) atoms. The lowest BCUT2D eigenvalue weighted by atomic mass is 9.89. The molecule has 2 saturated heterocycles. The fourth-order valence-electron chi connectivity index (χ4n) is 3.66. The first kappa shape index (κ1) is 22.2. The molecule has 0 aromatic carbocycles. The van der Waals surface area contributed by atoms with E-state index in [1.807, 2.05) is 0 Å². The predicted molar refractivity (Wildman–Crippen MR) is 102 cm³/mol. The van der Waals surface area contributed by atoms with Gasteiger partial charge in [-0.15, -0.1) is 23.4 Å². The number of hydrogen-bond donors (Lipinski definition) is 5. The van der Waals surface area contributed by atoms with Gasteiger partial charge in [0.1, 0.15) is 29.9 Å². The fraction of sp³-hybridized carbons (Fsp3) is 0.941. The van der Waals surface area contributed by atoms with Crippen molar-refractivity contribution in [1.82, 2.24) is 10.6 Å². The molecule has 2 aliphatic rings. The van der Waals surface area contributed by atoms with Crippen LogP contribution in [0.25, 0.3) is 0 Å². The minimum Gasteiger partial charge on any atom is -0.388 e. The highest BCUT2D eigenvalue weighted by Crippen LogP contribution is 2.30. The van der Waals surface area contributed by atoms with Crippen LogP contribution < -0.4 is 10.6 Å². The highest BCUT2D eigenvalue weighted by molar-refractivity contribution is 7.99. The molecule has 5 N–H and O–H groups in total. The molecule has 2 fully saturated rings. The van der Waals surface area contributed by atoms with E-state index in [0.717, 1.165) is 25.8 Å². The van der Waals surface area contributed by atoms with Gasteiger partial charge >= 0.3 is 0 Å². The molecular weight excluding hydrogens is 380 g/mol. The van der Waals surface area contributed by atoms with Crippen molar-refractivity contribution in [3.8, 4) is 0 Å². The number of carbonyl (C=O) groups excluding carboxylic acids is 1. The van der Waals surface area contributed by atoms with Crippen LogP contribution in [0.1, 0.15) is 33.1 Å². The second-order valence-corrected chi connectivity index (χ2v) is 8.82. The third kappa shape index (κ3) is 5.04. The van der Waals surface area contributed by atoms with Gasteiger partial charge in [0.15, 0.2) is 0 Å². The van der Waals surface area contributed by atoms with Crippen LogP contribution in [0.3, 0.4) is 0 Å². The molecule has 0 aliphatic carbocycles. The van der Waals surface area contributed by atoms with Crippen LogP contribution in [-0.2, 0) is 9.53 Å². The molecule has 0 unspecified atom stereocenters. The first-order chi connectivity index (χ1) is 12.3. The van der Waals surface area contributed by atoms with Crippen LogP contribution in [0, 0.1) is 5.92 Å². The van der Waals surface area contributed by atoms with Gasteiger partial charge in [0.2, 0.25) is 5.91 Å². The Kier molecular flexibility index (Phi) is 8.46. The number of ether oxygens (including phenoxy) is 1. The summed E-state index contributed by atoms with van der Waals surface area (Å²) < 4.78 is 5.77. The van der Waals surface area contributed by atoms with E-state index in [4.69, 9.17) is 16.3 Å². The lowest BCUT2D eigenvalue weighted by Crippen LogP contribution is -2.65. The molecule has 2 aliphatic heterocycles. The normalized spacial score (nSPS) is 40.7. The van der Waals surface area contributed by atoms with Gasteiger partial charge in [-0.2, -0.15) is 0 Å². The Labute approximate surface area is 164 Å². The molecule has 1 amide bonds. The first-order valence-corrected chi connectivity index (χ1v) is 10.9. The second kappa shape index (κ2) is 9.91. The maximum Gasteiger partial charge on any atom is 0.237 e. The second-order valence-electron chi connectivity index (χ2n) is 7.19. The maximum absolute atomic E-state index is 12.7. The molecule has 0 bridgehead atoms. The van der Waals surface area contributed by atoms with Crippen molar-refractivity contribution < 1.29 is 24.9 Å². The van der Waals surface area contributed by atoms with Crippen LogP contribution >= 0.6 is 23.4 Å². The number of alkyl halides is 1. The molecule has 0 aromatic rings. The van der Waals surface area contributed by atoms with Crippen molar-refractivity contribution in [3.63, 3.8) is 0 Å². The monoisotopic (exact) mass is 410 g/mol. The summed E-state index contributed by atoms with van der Waals surface area (Å²) in [5.74, 6) is 0.325. The number of thioether (sulfide) groups is 1. The van der Waals surface area contributed by atoms with E-state index in [9.17, 15) is 20.1 Å². The Morgan fingerprint density at radius 1 is 1.35 bits per heavy atom. The highest BCUT2D eigenvalue weighted by atomic mass is 35.5. The molecule has 7 nitrogen and oxygen atoms in total. The number of halogens is 1. The summed E-state index contributed by atoms with van der Waals surface area (Å²) >= 11 is 7.51. The Hall–Kier alpha value is -0.0900. The number of hydrogen-bond acceptors (Lipinski definition) is 7. The highest BCUT2D eigenvalue weighted by Gasteiger charge is 2.48. The lowest BCUT2D eigenvalue weighted by molar-refractivity contribution is -0.205. The summed E-state index contributed by atoms with van der Waals surface area (Å²) in [6.45, 7) is 4.62. The van der Waals surface area contributed by atoms with Gasteiger partial charge in [-0.1, -0.05) is 13.3 Å². The Morgan fingerprint density at radius 2 is 2.04 bits per heavy atom. The van der Waals surface area contributed by atoms with Crippen molar-refractivity contribution >= 4 is 29.3 Å². The molecule has 152 valence electrons. The van der Waals surface area contributed by atoms with E-state index in [0.29, 0.717) is 5.92 Å². The number of aliphatic hydroxyl groups excluding tert-OH is 3. The zero-order valence-electron chi connectivity index (χ0n) is 15.5. The fourth-order valence-corrected chi connectivity index (χ4v) is 4.54. The number of nitrogens with one attached hydrogen (secondary N) is 2. The van der Waals surface area contributed by atoms with Gasteiger partial charge in [-0.25, -0.2) is 0 Å². The molecule has 9 atom stereocenters. The smallest absolute Gasteiger partial charge is 0.237 e. The van der Waals surface area contributed by atoms with Gasteiger partial charge in [-0.05, 0) is 38.5 Å². The summed E-state index contributed by atoms with van der Waals surface area (Å²) in [5, 5.41) is 36.1. The quantitative estimate of drug-likeness (QED) is 0.393. The van der Waals surface area contributed by atoms with Crippen LogP contribution in [0.5, 0.6) is 0 Å². The summed E-state index contributed by atoms with van der Waals surface area (Å²) in [5.41, 5.74) is -0.703. The number of piperidine rings is 1. The van der Waals surface area contributed by atoms with E-state index >= 15 is 0 Å². The summed E-state index contributed by atoms with van der Waals surface area (Å²) in [6.07, 6.45) is -0.236. The Morgan fingerprint density at radius 3 is 2.62 bits per heavy atom. The number of aliphatic hydroxyl groups is 3. The van der Waals surface area contributed by atoms with E-state index < -0.39 is 41.3 Å². The molecule has 9 heteroatoms. The Balaban J connectivity index is 2.09. The SMILES string of the molecule is CC[C@H]1CCN[C@@H](C(=O)N[C@@H]([C@@H]2O[C@H](SC)[C@H](O)[C@@H](O)[C@H]2O)[C@H](C)Cl)C1. The largest absolute Gasteiger partial charge is 0.388 e. The average Bonchev–Trinajstić information content (AvgIpc) is 2.64. The van der Waals surface area contributed by atoms with Crippen molar-refractivity contribution in [2.75, 3.05) is 12.8 Å². The minimum atomic E-state index is -1.36. The van der Waals surface area contributed by atoms with Crippen molar-refractivity contribution in [2.45, 2.75) is 80.4 Å². The van der Waals surface area contributed by atoms with Gasteiger partial charge in [0, 0.05) is 0 Å². The van der Waals surface area contributed by atoms with Crippen molar-refractivity contribution in [2.24, 2.45) is 5.92 Å². The topological polar surface area (TPSA) is 111 Å². The molecule has 2 heterocycles. The predicted octanol–water partition coefficient (Wildman–Crippen LogP) is 0.0473. The molecule has 0 aromatic heterocycles. The number of rotatable bonds is 6. The number of carbonyl (C=O) groups is 1. The van der Waals surface area contributed by atoms with Crippen molar-refractivity contribution in [1.29, 1.82) is 0 Å². The molecule has 0 radical (unpaired) electrons. The summed E-state index contributed by atoms with van der Waals surface area (Å²) in [4.78, 5) is 12.7. The van der Waals surface area contributed by atoms with E-state index in [1.54, 1.807) is 13.2 Å². The molecular formula is C17H31ClN2O5S. The van der Waals surface area contributed by atoms with Gasteiger partial charge in [0.25, 0.3) is 0 Å². The van der Waals surface area contributed by atoms with E-state index in [2.05, 4.69) is 17.6 Å². The standard InChI is InChI=1S/C17H31ClN2O5S/c1-4-9-5-6-19-10(7-9)16(24)20-11(8(2)18)15-13(22)12(21)14(23)17(25-15)26-3/h8-15,17,19,21-23H,4-7H2,1-3H3,(H,20,24)/t8-,9-,10+,11+,12-,13+,14+,15-,17+/m0/s1. The zero-order chi connectivity index (χ0) is 19.4. The van der Waals surface area contributed by atoms with Crippen LogP contribution in [0.2, 0.25) is 0 Å².